The highest BCUT2D eigenvalue weighted by molar-refractivity contribution is 8.00. The van der Waals surface area contributed by atoms with Crippen LogP contribution in [0.4, 0.5) is 0 Å². The predicted molar refractivity (Wildman–Crippen MR) is 62.0 cm³/mol. The summed E-state index contributed by atoms with van der Waals surface area (Å²) in [6, 6.07) is 0. The standard InChI is InChI=1S/C10H20N2OS/c1-2-8(7-10(11)12-13)14-9-5-3-4-6-9/h8-9,13H,2-7H2,1H3,(H2,11,12). The zero-order valence-electron chi connectivity index (χ0n) is 8.78. The van der Waals surface area contributed by atoms with Gasteiger partial charge in [-0.15, -0.1) is 0 Å². The van der Waals surface area contributed by atoms with E-state index in [1.165, 1.54) is 25.7 Å². The van der Waals surface area contributed by atoms with E-state index in [1.807, 2.05) is 11.8 Å². The summed E-state index contributed by atoms with van der Waals surface area (Å²) in [5.74, 6) is 0.363. The molecule has 14 heavy (non-hydrogen) atoms. The van der Waals surface area contributed by atoms with Crippen LogP contribution in [0.1, 0.15) is 45.4 Å². The number of rotatable bonds is 5. The maximum atomic E-state index is 8.49. The van der Waals surface area contributed by atoms with Gasteiger partial charge in [0.05, 0.1) is 0 Å². The van der Waals surface area contributed by atoms with E-state index in [-0.39, 0.29) is 0 Å². The van der Waals surface area contributed by atoms with Crippen LogP contribution in [0.3, 0.4) is 0 Å². The third kappa shape index (κ3) is 3.78. The summed E-state index contributed by atoms with van der Waals surface area (Å²) < 4.78 is 0. The molecule has 0 aromatic heterocycles. The van der Waals surface area contributed by atoms with Gasteiger partial charge in [-0.25, -0.2) is 0 Å². The van der Waals surface area contributed by atoms with E-state index in [0.29, 0.717) is 17.5 Å². The van der Waals surface area contributed by atoms with Crippen molar-refractivity contribution in [3.05, 3.63) is 0 Å². The number of hydrogen-bond acceptors (Lipinski definition) is 3. The van der Waals surface area contributed by atoms with Crippen molar-refractivity contribution < 1.29 is 5.21 Å². The van der Waals surface area contributed by atoms with E-state index in [4.69, 9.17) is 10.9 Å². The smallest absolute Gasteiger partial charge is 0.140 e. The predicted octanol–water partition coefficient (Wildman–Crippen LogP) is 2.58. The monoisotopic (exact) mass is 216 g/mol. The van der Waals surface area contributed by atoms with Crippen molar-refractivity contribution in [2.75, 3.05) is 0 Å². The van der Waals surface area contributed by atoms with Crippen molar-refractivity contribution in [3.63, 3.8) is 0 Å². The minimum atomic E-state index is 0.363. The Bertz CT molecular complexity index is 191. The third-order valence-electron chi connectivity index (χ3n) is 2.71. The molecule has 0 spiro atoms. The maximum absolute atomic E-state index is 8.49. The third-order valence-corrected chi connectivity index (χ3v) is 4.45. The number of nitrogens with zero attached hydrogens (tertiary/aromatic N) is 1. The van der Waals surface area contributed by atoms with Crippen LogP contribution in [-0.2, 0) is 0 Å². The second-order valence-corrected chi connectivity index (χ2v) is 5.47. The fraction of sp³-hybridized carbons (Fsp3) is 0.900. The molecule has 1 atom stereocenters. The fourth-order valence-corrected chi connectivity index (χ4v) is 3.47. The van der Waals surface area contributed by atoms with Crippen LogP contribution in [0.25, 0.3) is 0 Å². The van der Waals surface area contributed by atoms with E-state index in [0.717, 1.165) is 11.7 Å². The van der Waals surface area contributed by atoms with Gasteiger partial charge in [0, 0.05) is 16.9 Å². The van der Waals surface area contributed by atoms with E-state index in [9.17, 15) is 0 Å². The van der Waals surface area contributed by atoms with Crippen LogP contribution in [-0.4, -0.2) is 21.5 Å². The Balaban J connectivity index is 2.30. The SMILES string of the molecule is CCC(CC(N)=NO)SC1CCCC1. The van der Waals surface area contributed by atoms with Crippen LogP contribution < -0.4 is 5.73 Å². The molecule has 0 amide bonds. The zero-order valence-corrected chi connectivity index (χ0v) is 9.59. The second kappa shape index (κ2) is 6.17. The number of nitrogens with two attached hydrogens (primary N) is 1. The highest BCUT2D eigenvalue weighted by Crippen LogP contribution is 2.34. The van der Waals surface area contributed by atoms with Gasteiger partial charge in [0.15, 0.2) is 0 Å². The maximum Gasteiger partial charge on any atom is 0.140 e. The molecule has 0 bridgehead atoms. The largest absolute Gasteiger partial charge is 0.409 e. The highest BCUT2D eigenvalue weighted by Gasteiger charge is 2.20. The molecular weight excluding hydrogens is 196 g/mol. The Hall–Kier alpha value is -0.380. The molecule has 0 saturated heterocycles. The summed E-state index contributed by atoms with van der Waals surface area (Å²) in [6.07, 6.45) is 7.25. The molecule has 1 aliphatic rings. The van der Waals surface area contributed by atoms with Crippen molar-refractivity contribution in [3.8, 4) is 0 Å². The van der Waals surface area contributed by atoms with Gasteiger partial charge in [-0.3, -0.25) is 0 Å². The number of hydrogen-bond donors (Lipinski definition) is 2. The quantitative estimate of drug-likeness (QED) is 0.321. The van der Waals surface area contributed by atoms with Crippen molar-refractivity contribution in [2.24, 2.45) is 10.9 Å². The molecule has 1 unspecified atom stereocenters. The van der Waals surface area contributed by atoms with Gasteiger partial charge in [0.1, 0.15) is 5.84 Å². The molecule has 0 aromatic carbocycles. The van der Waals surface area contributed by atoms with Gasteiger partial charge >= 0.3 is 0 Å². The molecular formula is C10H20N2OS. The summed E-state index contributed by atoms with van der Waals surface area (Å²) in [4.78, 5) is 0. The average Bonchev–Trinajstić information content (AvgIpc) is 2.69. The van der Waals surface area contributed by atoms with Gasteiger partial charge in [0.2, 0.25) is 0 Å². The summed E-state index contributed by atoms with van der Waals surface area (Å²) in [6.45, 7) is 2.16. The Kier molecular flexibility index (Phi) is 5.15. The molecule has 4 heteroatoms. The lowest BCUT2D eigenvalue weighted by Gasteiger charge is -2.17. The first-order chi connectivity index (χ1) is 6.76. The van der Waals surface area contributed by atoms with Crippen LogP contribution in [0, 0.1) is 0 Å². The summed E-state index contributed by atoms with van der Waals surface area (Å²) in [5, 5.41) is 12.9. The first-order valence-electron chi connectivity index (χ1n) is 5.38. The normalized spacial score (nSPS) is 21.4. The molecule has 0 aliphatic heterocycles. The van der Waals surface area contributed by atoms with Crippen LogP contribution >= 0.6 is 11.8 Å². The molecule has 3 N–H and O–H groups in total. The molecule has 82 valence electrons. The molecule has 1 saturated carbocycles. The second-order valence-electron chi connectivity index (χ2n) is 3.87. The van der Waals surface area contributed by atoms with E-state index < -0.39 is 0 Å². The minimum absolute atomic E-state index is 0.363. The summed E-state index contributed by atoms with van der Waals surface area (Å²) in [7, 11) is 0. The summed E-state index contributed by atoms with van der Waals surface area (Å²) in [5.41, 5.74) is 5.51. The van der Waals surface area contributed by atoms with Gasteiger partial charge in [-0.05, 0) is 19.3 Å². The molecule has 0 aromatic rings. The lowest BCUT2D eigenvalue weighted by Crippen LogP contribution is -2.19. The molecule has 1 aliphatic carbocycles. The molecule has 0 radical (unpaired) electrons. The number of amidine groups is 1. The first-order valence-corrected chi connectivity index (χ1v) is 6.32. The first kappa shape index (κ1) is 11.7. The van der Waals surface area contributed by atoms with Gasteiger partial charge in [-0.2, -0.15) is 11.8 Å². The minimum Gasteiger partial charge on any atom is -0.409 e. The van der Waals surface area contributed by atoms with E-state index in [2.05, 4.69) is 12.1 Å². The topological polar surface area (TPSA) is 58.6 Å². The van der Waals surface area contributed by atoms with Crippen molar-refractivity contribution in [1.82, 2.24) is 0 Å². The Labute approximate surface area is 90.1 Å². The lowest BCUT2D eigenvalue weighted by atomic mass is 10.2. The average molecular weight is 216 g/mol. The zero-order chi connectivity index (χ0) is 10.4. The summed E-state index contributed by atoms with van der Waals surface area (Å²) >= 11 is 2.02. The molecule has 1 rings (SSSR count). The van der Waals surface area contributed by atoms with E-state index in [1.54, 1.807) is 0 Å². The molecule has 1 fully saturated rings. The van der Waals surface area contributed by atoms with Crippen LogP contribution in [0.5, 0.6) is 0 Å². The molecule has 0 heterocycles. The lowest BCUT2D eigenvalue weighted by molar-refractivity contribution is 0.316. The Morgan fingerprint density at radius 3 is 2.71 bits per heavy atom. The van der Waals surface area contributed by atoms with Gasteiger partial charge in [0.25, 0.3) is 0 Å². The van der Waals surface area contributed by atoms with Gasteiger partial charge in [-0.1, -0.05) is 24.9 Å². The number of oxime groups is 1. The van der Waals surface area contributed by atoms with Crippen molar-refractivity contribution in [2.45, 2.75) is 55.9 Å². The van der Waals surface area contributed by atoms with Crippen LogP contribution in [0.15, 0.2) is 5.16 Å². The van der Waals surface area contributed by atoms with Gasteiger partial charge < -0.3 is 10.9 Å². The molecule has 3 nitrogen and oxygen atoms in total. The number of thioether (sulfide) groups is 1. The van der Waals surface area contributed by atoms with Crippen LogP contribution in [0.2, 0.25) is 0 Å². The fourth-order valence-electron chi connectivity index (χ4n) is 1.86. The Morgan fingerprint density at radius 1 is 1.57 bits per heavy atom. The van der Waals surface area contributed by atoms with Crippen molar-refractivity contribution in [1.29, 1.82) is 0 Å². The van der Waals surface area contributed by atoms with E-state index >= 15 is 0 Å². The van der Waals surface area contributed by atoms with Crippen molar-refractivity contribution >= 4 is 17.6 Å². The highest BCUT2D eigenvalue weighted by atomic mass is 32.2. The Morgan fingerprint density at radius 2 is 2.21 bits per heavy atom.